The number of halogens is 1. The van der Waals surface area contributed by atoms with Crippen LogP contribution >= 0.6 is 15.9 Å². The van der Waals surface area contributed by atoms with Gasteiger partial charge in [-0.1, -0.05) is 24.3 Å². The predicted octanol–water partition coefficient (Wildman–Crippen LogP) is 2.86. The summed E-state index contributed by atoms with van der Waals surface area (Å²) in [5.41, 5.74) is 1.35. The lowest BCUT2D eigenvalue weighted by Gasteiger charge is -2.00. The standard InChI is InChI=1S/C13H8BrN3O2/c14-10-6-3-7-11-15-12(16-17(10)11)8-4-1-2-5-9(8)13(18)19/h1-7H,(H,18,19). The second-order valence-corrected chi connectivity index (χ2v) is 4.72. The molecular weight excluding hydrogens is 310 g/mol. The molecule has 6 heteroatoms. The van der Waals surface area contributed by atoms with Crippen LogP contribution < -0.4 is 0 Å². The number of aromatic nitrogens is 3. The summed E-state index contributed by atoms with van der Waals surface area (Å²) in [6.07, 6.45) is 0. The molecule has 0 radical (unpaired) electrons. The molecule has 94 valence electrons. The van der Waals surface area contributed by atoms with Crippen LogP contribution in [0.15, 0.2) is 47.1 Å². The van der Waals surface area contributed by atoms with Gasteiger partial charge in [0.2, 0.25) is 0 Å². The number of benzene rings is 1. The van der Waals surface area contributed by atoms with E-state index in [4.69, 9.17) is 0 Å². The van der Waals surface area contributed by atoms with Crippen molar-refractivity contribution < 1.29 is 9.90 Å². The van der Waals surface area contributed by atoms with Crippen molar-refractivity contribution in [3.05, 3.63) is 52.6 Å². The van der Waals surface area contributed by atoms with Gasteiger partial charge in [-0.25, -0.2) is 14.3 Å². The zero-order valence-corrected chi connectivity index (χ0v) is 11.2. The van der Waals surface area contributed by atoms with Crippen molar-refractivity contribution in [2.45, 2.75) is 0 Å². The van der Waals surface area contributed by atoms with Gasteiger partial charge < -0.3 is 5.11 Å². The first-order valence-electron chi connectivity index (χ1n) is 5.51. The summed E-state index contributed by atoms with van der Waals surface area (Å²) < 4.78 is 2.38. The van der Waals surface area contributed by atoms with E-state index in [1.165, 1.54) is 0 Å². The molecule has 0 fully saturated rings. The molecule has 2 heterocycles. The van der Waals surface area contributed by atoms with E-state index in [0.29, 0.717) is 17.0 Å². The molecule has 0 saturated heterocycles. The lowest BCUT2D eigenvalue weighted by atomic mass is 10.1. The monoisotopic (exact) mass is 317 g/mol. The van der Waals surface area contributed by atoms with Gasteiger partial charge in [0, 0.05) is 5.56 Å². The normalized spacial score (nSPS) is 10.8. The van der Waals surface area contributed by atoms with E-state index in [2.05, 4.69) is 26.0 Å². The molecule has 0 amide bonds. The van der Waals surface area contributed by atoms with Gasteiger partial charge in [-0.15, -0.1) is 5.10 Å². The third kappa shape index (κ3) is 2.00. The SMILES string of the molecule is O=C(O)c1ccccc1-c1nc2cccc(Br)n2n1. The molecule has 0 atom stereocenters. The molecule has 0 saturated carbocycles. The van der Waals surface area contributed by atoms with E-state index in [1.54, 1.807) is 28.8 Å². The zero-order valence-electron chi connectivity index (χ0n) is 9.62. The van der Waals surface area contributed by atoms with Gasteiger partial charge >= 0.3 is 5.97 Å². The fraction of sp³-hybridized carbons (Fsp3) is 0. The highest BCUT2D eigenvalue weighted by Gasteiger charge is 2.15. The predicted molar refractivity (Wildman–Crippen MR) is 73.1 cm³/mol. The molecule has 0 spiro atoms. The first-order chi connectivity index (χ1) is 9.16. The fourth-order valence-corrected chi connectivity index (χ4v) is 2.27. The summed E-state index contributed by atoms with van der Waals surface area (Å²) >= 11 is 3.37. The molecule has 19 heavy (non-hydrogen) atoms. The molecule has 2 aromatic heterocycles. The highest BCUT2D eigenvalue weighted by molar-refractivity contribution is 9.10. The highest BCUT2D eigenvalue weighted by Crippen LogP contribution is 2.22. The second kappa shape index (κ2) is 4.47. The second-order valence-electron chi connectivity index (χ2n) is 3.90. The average Bonchev–Trinajstić information content (AvgIpc) is 2.84. The molecular formula is C13H8BrN3O2. The molecule has 3 aromatic rings. The molecule has 3 rings (SSSR count). The number of carbonyl (C=O) groups is 1. The molecule has 0 bridgehead atoms. The molecule has 1 aromatic carbocycles. The van der Waals surface area contributed by atoms with Gasteiger partial charge in [-0.2, -0.15) is 0 Å². The van der Waals surface area contributed by atoms with Crippen molar-refractivity contribution >= 4 is 27.5 Å². The summed E-state index contributed by atoms with van der Waals surface area (Å²) in [6.45, 7) is 0. The Kier molecular flexibility index (Phi) is 2.79. The minimum atomic E-state index is -0.992. The Morgan fingerprint density at radius 3 is 2.68 bits per heavy atom. The van der Waals surface area contributed by atoms with Crippen molar-refractivity contribution in [3.63, 3.8) is 0 Å². The Morgan fingerprint density at radius 1 is 1.16 bits per heavy atom. The maximum atomic E-state index is 11.2. The van der Waals surface area contributed by atoms with Crippen molar-refractivity contribution in [1.82, 2.24) is 14.6 Å². The van der Waals surface area contributed by atoms with Crippen molar-refractivity contribution in [2.75, 3.05) is 0 Å². The molecule has 5 nitrogen and oxygen atoms in total. The van der Waals surface area contributed by atoms with Crippen LogP contribution in [0.5, 0.6) is 0 Å². The topological polar surface area (TPSA) is 67.5 Å². The van der Waals surface area contributed by atoms with Crippen LogP contribution in [0.4, 0.5) is 0 Å². The number of nitrogens with zero attached hydrogens (tertiary/aromatic N) is 3. The van der Waals surface area contributed by atoms with Gasteiger partial charge in [0.05, 0.1) is 5.56 Å². The van der Waals surface area contributed by atoms with E-state index in [9.17, 15) is 9.90 Å². The summed E-state index contributed by atoms with van der Waals surface area (Å²) in [6, 6.07) is 12.2. The maximum Gasteiger partial charge on any atom is 0.336 e. The lowest BCUT2D eigenvalue weighted by molar-refractivity contribution is 0.0697. The van der Waals surface area contributed by atoms with Crippen LogP contribution in [-0.4, -0.2) is 25.7 Å². The maximum absolute atomic E-state index is 11.2. The van der Waals surface area contributed by atoms with Crippen molar-refractivity contribution in [1.29, 1.82) is 0 Å². The van der Waals surface area contributed by atoms with Gasteiger partial charge in [-0.3, -0.25) is 0 Å². The van der Waals surface area contributed by atoms with E-state index in [1.807, 2.05) is 18.2 Å². The Balaban J connectivity index is 2.25. The minimum Gasteiger partial charge on any atom is -0.478 e. The quantitative estimate of drug-likeness (QED) is 0.738. The number of aromatic carboxylic acids is 1. The minimum absolute atomic E-state index is 0.189. The van der Waals surface area contributed by atoms with Crippen molar-refractivity contribution in [2.24, 2.45) is 0 Å². The van der Waals surface area contributed by atoms with Crippen LogP contribution in [-0.2, 0) is 0 Å². The van der Waals surface area contributed by atoms with Crippen LogP contribution in [0.1, 0.15) is 10.4 Å². The van der Waals surface area contributed by atoms with E-state index in [0.717, 1.165) is 4.60 Å². The molecule has 0 aliphatic carbocycles. The number of carboxylic acid groups (broad SMARTS) is 1. The fourth-order valence-electron chi connectivity index (χ4n) is 1.85. The highest BCUT2D eigenvalue weighted by atomic mass is 79.9. The van der Waals surface area contributed by atoms with E-state index >= 15 is 0 Å². The number of pyridine rings is 1. The molecule has 0 unspecified atom stereocenters. The van der Waals surface area contributed by atoms with Gasteiger partial charge in [0.25, 0.3) is 0 Å². The van der Waals surface area contributed by atoms with Crippen LogP contribution in [0, 0.1) is 0 Å². The Labute approximate surface area is 116 Å². The number of hydrogen-bond donors (Lipinski definition) is 1. The number of hydrogen-bond acceptors (Lipinski definition) is 3. The molecule has 0 aliphatic heterocycles. The van der Waals surface area contributed by atoms with Crippen LogP contribution in [0.2, 0.25) is 0 Å². The third-order valence-corrected chi connectivity index (χ3v) is 3.31. The molecule has 0 aliphatic rings. The van der Waals surface area contributed by atoms with E-state index < -0.39 is 5.97 Å². The third-order valence-electron chi connectivity index (χ3n) is 2.71. The van der Waals surface area contributed by atoms with Crippen molar-refractivity contribution in [3.8, 4) is 11.4 Å². The summed E-state index contributed by atoms with van der Waals surface area (Å²) in [4.78, 5) is 15.6. The summed E-state index contributed by atoms with van der Waals surface area (Å²) in [5.74, 6) is -0.599. The Bertz CT molecular complexity index is 782. The average molecular weight is 318 g/mol. The summed E-state index contributed by atoms with van der Waals surface area (Å²) in [5, 5.41) is 13.5. The van der Waals surface area contributed by atoms with Gasteiger partial charge in [0.1, 0.15) is 4.60 Å². The number of fused-ring (bicyclic) bond motifs is 1. The number of rotatable bonds is 2. The first kappa shape index (κ1) is 11.9. The van der Waals surface area contributed by atoms with Crippen LogP contribution in [0.25, 0.3) is 17.0 Å². The largest absolute Gasteiger partial charge is 0.478 e. The lowest BCUT2D eigenvalue weighted by Crippen LogP contribution is -2.00. The first-order valence-corrected chi connectivity index (χ1v) is 6.30. The number of carboxylic acids is 1. The van der Waals surface area contributed by atoms with Gasteiger partial charge in [-0.05, 0) is 34.1 Å². The Morgan fingerprint density at radius 2 is 1.95 bits per heavy atom. The zero-order chi connectivity index (χ0) is 13.4. The smallest absolute Gasteiger partial charge is 0.336 e. The summed E-state index contributed by atoms with van der Waals surface area (Å²) in [7, 11) is 0. The Hall–Kier alpha value is -2.21. The van der Waals surface area contributed by atoms with Gasteiger partial charge in [0.15, 0.2) is 11.5 Å². The van der Waals surface area contributed by atoms with Crippen LogP contribution in [0.3, 0.4) is 0 Å². The molecule has 1 N–H and O–H groups in total. The van der Waals surface area contributed by atoms with E-state index in [-0.39, 0.29) is 5.56 Å².